The zero-order valence-corrected chi connectivity index (χ0v) is 11.0. The fourth-order valence-corrected chi connectivity index (χ4v) is 1.69. The molecule has 0 radical (unpaired) electrons. The molecule has 0 saturated carbocycles. The molecule has 0 atom stereocenters. The maximum Gasteiger partial charge on any atom is 0.248 e. The van der Waals surface area contributed by atoms with E-state index in [1.54, 1.807) is 18.2 Å². The van der Waals surface area contributed by atoms with E-state index in [0.29, 0.717) is 11.3 Å². The Morgan fingerprint density at radius 1 is 1.20 bits per heavy atom. The van der Waals surface area contributed by atoms with Crippen LogP contribution in [0.25, 0.3) is 6.08 Å². The van der Waals surface area contributed by atoms with Gasteiger partial charge in [-0.25, -0.2) is 0 Å². The van der Waals surface area contributed by atoms with Gasteiger partial charge in [0.1, 0.15) is 0 Å². The molecule has 0 aromatic heterocycles. The topological polar surface area (TPSA) is 58.6 Å². The number of hydrogen-bond acceptors (Lipinski definition) is 3. The highest BCUT2D eigenvalue weighted by Gasteiger charge is 2.01. The minimum Gasteiger partial charge on any atom is -0.504 e. The van der Waals surface area contributed by atoms with E-state index >= 15 is 0 Å². The second kappa shape index (κ2) is 6.43. The molecule has 102 valence electrons. The van der Waals surface area contributed by atoms with Crippen LogP contribution in [-0.4, -0.2) is 18.1 Å². The third-order valence-electron chi connectivity index (χ3n) is 2.67. The van der Waals surface area contributed by atoms with Crippen molar-refractivity contribution in [1.82, 2.24) is 0 Å². The quantitative estimate of drug-likeness (QED) is 0.839. The summed E-state index contributed by atoms with van der Waals surface area (Å²) < 4.78 is 4.95. The number of phenolic OH excluding ortho intramolecular Hbond substituents is 1. The van der Waals surface area contributed by atoms with Crippen molar-refractivity contribution in [2.75, 3.05) is 12.4 Å². The number of amides is 1. The van der Waals surface area contributed by atoms with Crippen LogP contribution in [0.3, 0.4) is 0 Å². The molecule has 20 heavy (non-hydrogen) atoms. The van der Waals surface area contributed by atoms with Gasteiger partial charge in [0.15, 0.2) is 11.5 Å². The Morgan fingerprint density at radius 3 is 2.60 bits per heavy atom. The van der Waals surface area contributed by atoms with Gasteiger partial charge in [0.2, 0.25) is 5.91 Å². The number of carbonyl (C=O) groups is 1. The Bertz CT molecular complexity index is 621. The van der Waals surface area contributed by atoms with Gasteiger partial charge in [-0.3, -0.25) is 4.79 Å². The van der Waals surface area contributed by atoms with Gasteiger partial charge in [0, 0.05) is 11.8 Å². The average Bonchev–Trinajstić information content (AvgIpc) is 2.46. The highest BCUT2D eigenvalue weighted by Crippen LogP contribution is 2.26. The molecule has 2 aromatic rings. The first-order valence-electron chi connectivity index (χ1n) is 6.10. The van der Waals surface area contributed by atoms with E-state index in [-0.39, 0.29) is 11.7 Å². The van der Waals surface area contributed by atoms with Crippen LogP contribution in [-0.2, 0) is 4.79 Å². The SMILES string of the molecule is COc1ccc(/C=C/C(=O)Nc2ccccc2)cc1O. The number of aromatic hydroxyl groups is 1. The van der Waals surface area contributed by atoms with Crippen LogP contribution < -0.4 is 10.1 Å². The molecule has 2 rings (SSSR count). The standard InChI is InChI=1S/C16H15NO3/c1-20-15-9-7-12(11-14(15)18)8-10-16(19)17-13-5-3-2-4-6-13/h2-11,18H,1H3,(H,17,19)/b10-8+. The number of phenols is 1. The number of methoxy groups -OCH3 is 1. The molecule has 2 aromatic carbocycles. The van der Waals surface area contributed by atoms with Gasteiger partial charge in [-0.1, -0.05) is 24.3 Å². The Balaban J connectivity index is 2.02. The Morgan fingerprint density at radius 2 is 1.95 bits per heavy atom. The van der Waals surface area contributed by atoms with Crippen LogP contribution in [0.1, 0.15) is 5.56 Å². The van der Waals surface area contributed by atoms with E-state index in [0.717, 1.165) is 5.69 Å². The molecule has 0 fully saturated rings. The Labute approximate surface area is 117 Å². The van der Waals surface area contributed by atoms with Crippen molar-refractivity contribution in [1.29, 1.82) is 0 Å². The summed E-state index contributed by atoms with van der Waals surface area (Å²) in [7, 11) is 1.48. The van der Waals surface area contributed by atoms with Gasteiger partial charge >= 0.3 is 0 Å². The normalized spacial score (nSPS) is 10.4. The summed E-state index contributed by atoms with van der Waals surface area (Å²) in [6, 6.07) is 14.1. The largest absolute Gasteiger partial charge is 0.504 e. The lowest BCUT2D eigenvalue weighted by molar-refractivity contribution is -0.111. The maximum absolute atomic E-state index is 11.7. The fourth-order valence-electron chi connectivity index (χ4n) is 1.69. The minimum atomic E-state index is -0.230. The van der Waals surface area contributed by atoms with Gasteiger partial charge in [-0.2, -0.15) is 0 Å². The third kappa shape index (κ3) is 3.62. The molecular weight excluding hydrogens is 254 g/mol. The smallest absolute Gasteiger partial charge is 0.248 e. The van der Waals surface area contributed by atoms with Crippen LogP contribution in [0.4, 0.5) is 5.69 Å². The second-order valence-electron chi connectivity index (χ2n) is 4.12. The first-order chi connectivity index (χ1) is 9.69. The monoisotopic (exact) mass is 269 g/mol. The van der Waals surface area contributed by atoms with E-state index in [2.05, 4.69) is 5.32 Å². The number of rotatable bonds is 4. The second-order valence-corrected chi connectivity index (χ2v) is 4.12. The van der Waals surface area contributed by atoms with E-state index in [4.69, 9.17) is 4.74 Å². The summed E-state index contributed by atoms with van der Waals surface area (Å²) in [5.74, 6) is 0.209. The predicted octanol–water partition coefficient (Wildman–Crippen LogP) is 3.05. The molecule has 1 amide bonds. The van der Waals surface area contributed by atoms with Crippen LogP contribution >= 0.6 is 0 Å². The van der Waals surface area contributed by atoms with Crippen LogP contribution in [0, 0.1) is 0 Å². The molecular formula is C16H15NO3. The lowest BCUT2D eigenvalue weighted by Crippen LogP contribution is -2.07. The van der Waals surface area contributed by atoms with E-state index < -0.39 is 0 Å². The van der Waals surface area contributed by atoms with Crippen molar-refractivity contribution < 1.29 is 14.6 Å². The van der Waals surface area contributed by atoms with Crippen molar-refractivity contribution in [2.45, 2.75) is 0 Å². The average molecular weight is 269 g/mol. The fraction of sp³-hybridized carbons (Fsp3) is 0.0625. The zero-order valence-electron chi connectivity index (χ0n) is 11.0. The summed E-state index contributed by atoms with van der Waals surface area (Å²) >= 11 is 0. The van der Waals surface area contributed by atoms with Gasteiger partial charge in [-0.05, 0) is 35.9 Å². The van der Waals surface area contributed by atoms with Gasteiger partial charge < -0.3 is 15.2 Å². The number of para-hydroxylation sites is 1. The molecule has 0 unspecified atom stereocenters. The third-order valence-corrected chi connectivity index (χ3v) is 2.67. The Hall–Kier alpha value is -2.75. The van der Waals surface area contributed by atoms with Crippen molar-refractivity contribution in [3.63, 3.8) is 0 Å². The van der Waals surface area contributed by atoms with Crippen molar-refractivity contribution in [3.05, 3.63) is 60.2 Å². The van der Waals surface area contributed by atoms with Crippen LogP contribution in [0.15, 0.2) is 54.6 Å². The molecule has 0 heterocycles. The number of anilines is 1. The number of ether oxygens (including phenoxy) is 1. The Kier molecular flexibility index (Phi) is 4.39. The van der Waals surface area contributed by atoms with E-state index in [1.165, 1.54) is 19.3 Å². The summed E-state index contributed by atoms with van der Waals surface area (Å²) in [4.78, 5) is 11.7. The minimum absolute atomic E-state index is 0.0399. The first-order valence-corrected chi connectivity index (χ1v) is 6.10. The van der Waals surface area contributed by atoms with Crippen LogP contribution in [0.5, 0.6) is 11.5 Å². The lowest BCUT2D eigenvalue weighted by Gasteiger charge is -2.03. The van der Waals surface area contributed by atoms with Crippen molar-refractivity contribution in [2.24, 2.45) is 0 Å². The van der Waals surface area contributed by atoms with Gasteiger partial charge in [-0.15, -0.1) is 0 Å². The number of carbonyl (C=O) groups excluding carboxylic acids is 1. The van der Waals surface area contributed by atoms with E-state index in [9.17, 15) is 9.90 Å². The maximum atomic E-state index is 11.7. The highest BCUT2D eigenvalue weighted by molar-refractivity contribution is 6.01. The first kappa shape index (κ1) is 13.7. The molecule has 4 heteroatoms. The molecule has 4 nitrogen and oxygen atoms in total. The molecule has 2 N–H and O–H groups in total. The summed E-state index contributed by atoms with van der Waals surface area (Å²) in [6.07, 6.45) is 3.03. The molecule has 0 aliphatic rings. The van der Waals surface area contributed by atoms with Gasteiger partial charge in [0.25, 0.3) is 0 Å². The van der Waals surface area contributed by atoms with E-state index in [1.807, 2.05) is 30.3 Å². The van der Waals surface area contributed by atoms with Crippen molar-refractivity contribution >= 4 is 17.7 Å². The highest BCUT2D eigenvalue weighted by atomic mass is 16.5. The molecule has 0 aliphatic heterocycles. The van der Waals surface area contributed by atoms with Crippen molar-refractivity contribution in [3.8, 4) is 11.5 Å². The summed E-state index contributed by atoms with van der Waals surface area (Å²) in [5, 5.41) is 12.4. The predicted molar refractivity (Wildman–Crippen MR) is 78.8 cm³/mol. The summed E-state index contributed by atoms with van der Waals surface area (Å²) in [6.45, 7) is 0. The van der Waals surface area contributed by atoms with Gasteiger partial charge in [0.05, 0.1) is 7.11 Å². The van der Waals surface area contributed by atoms with Crippen LogP contribution in [0.2, 0.25) is 0 Å². The number of hydrogen-bond donors (Lipinski definition) is 2. The molecule has 0 aliphatic carbocycles. The summed E-state index contributed by atoms with van der Waals surface area (Å²) in [5.41, 5.74) is 1.45. The molecule has 0 saturated heterocycles. The lowest BCUT2D eigenvalue weighted by atomic mass is 10.2. The molecule has 0 bridgehead atoms. The molecule has 0 spiro atoms. The number of nitrogens with one attached hydrogen (secondary N) is 1. The number of benzene rings is 2. The zero-order chi connectivity index (χ0) is 14.4.